The van der Waals surface area contributed by atoms with Gasteiger partial charge in [-0.05, 0) is 36.5 Å². The van der Waals surface area contributed by atoms with Crippen LogP contribution in [0.2, 0.25) is 0 Å². The van der Waals surface area contributed by atoms with E-state index in [-0.39, 0.29) is 5.41 Å². The quantitative estimate of drug-likeness (QED) is 0.781. The number of benzene rings is 1. The smallest absolute Gasteiger partial charge is 0.119 e. The lowest BCUT2D eigenvalue weighted by atomic mass is 9.89. The number of rotatable bonds is 8. The van der Waals surface area contributed by atoms with E-state index in [0.717, 1.165) is 25.3 Å². The third kappa shape index (κ3) is 5.62. The summed E-state index contributed by atoms with van der Waals surface area (Å²) in [6.07, 6.45) is 1.06. The van der Waals surface area contributed by atoms with Crippen LogP contribution in [0.4, 0.5) is 0 Å². The molecular formula is C16H27NO2. The highest BCUT2D eigenvalue weighted by atomic mass is 16.5. The predicted molar refractivity (Wildman–Crippen MR) is 79.7 cm³/mol. The fraction of sp³-hybridized carbons (Fsp3) is 0.625. The van der Waals surface area contributed by atoms with Gasteiger partial charge in [0.1, 0.15) is 5.75 Å². The van der Waals surface area contributed by atoms with Crippen LogP contribution in [-0.2, 0) is 4.74 Å². The second-order valence-electron chi connectivity index (χ2n) is 5.79. The highest BCUT2D eigenvalue weighted by molar-refractivity contribution is 5.30. The van der Waals surface area contributed by atoms with Crippen molar-refractivity contribution >= 4 is 0 Å². The molecule has 0 aliphatic rings. The van der Waals surface area contributed by atoms with Gasteiger partial charge in [0.15, 0.2) is 0 Å². The molecule has 1 aromatic carbocycles. The number of hydrogen-bond acceptors (Lipinski definition) is 3. The Kier molecular flexibility index (Phi) is 6.32. The van der Waals surface area contributed by atoms with Crippen LogP contribution in [-0.4, -0.2) is 27.4 Å². The molecule has 0 aliphatic carbocycles. The minimum absolute atomic E-state index is 0.239. The summed E-state index contributed by atoms with van der Waals surface area (Å²) in [4.78, 5) is 0. The fourth-order valence-corrected chi connectivity index (χ4v) is 1.92. The van der Waals surface area contributed by atoms with Crippen LogP contribution in [0.15, 0.2) is 24.3 Å². The Bertz CT molecular complexity index is 377. The maximum atomic E-state index is 5.26. The van der Waals surface area contributed by atoms with Crippen LogP contribution < -0.4 is 10.1 Å². The molecule has 0 saturated carbocycles. The van der Waals surface area contributed by atoms with Crippen LogP contribution in [0.5, 0.6) is 5.75 Å². The highest BCUT2D eigenvalue weighted by Crippen LogP contribution is 2.22. The second-order valence-corrected chi connectivity index (χ2v) is 5.79. The van der Waals surface area contributed by atoms with Crippen LogP contribution in [0, 0.1) is 5.41 Å². The molecule has 108 valence electrons. The lowest BCUT2D eigenvalue weighted by Crippen LogP contribution is -2.32. The summed E-state index contributed by atoms with van der Waals surface area (Å²) in [6, 6.07) is 8.53. The first-order valence-corrected chi connectivity index (χ1v) is 6.85. The summed E-state index contributed by atoms with van der Waals surface area (Å²) in [5.74, 6) is 0.907. The van der Waals surface area contributed by atoms with Crippen molar-refractivity contribution in [2.75, 3.05) is 27.4 Å². The SMILES string of the molecule is COCCC(C)(C)CNC(C)c1cccc(OC)c1. The first-order valence-electron chi connectivity index (χ1n) is 6.85. The van der Waals surface area contributed by atoms with E-state index < -0.39 is 0 Å². The van der Waals surface area contributed by atoms with Gasteiger partial charge in [-0.1, -0.05) is 26.0 Å². The summed E-state index contributed by atoms with van der Waals surface area (Å²) < 4.78 is 10.4. The molecule has 0 saturated heterocycles. The van der Waals surface area contributed by atoms with Gasteiger partial charge in [0.2, 0.25) is 0 Å². The monoisotopic (exact) mass is 265 g/mol. The Morgan fingerprint density at radius 2 is 2.00 bits per heavy atom. The van der Waals surface area contributed by atoms with Gasteiger partial charge >= 0.3 is 0 Å². The number of ether oxygens (including phenoxy) is 2. The molecule has 0 spiro atoms. The number of hydrogen-bond donors (Lipinski definition) is 1. The van der Waals surface area contributed by atoms with Gasteiger partial charge in [0.05, 0.1) is 7.11 Å². The molecule has 1 aromatic rings. The maximum Gasteiger partial charge on any atom is 0.119 e. The molecule has 0 fully saturated rings. The number of methoxy groups -OCH3 is 2. The third-order valence-corrected chi connectivity index (χ3v) is 3.46. The van der Waals surface area contributed by atoms with Crippen molar-refractivity contribution in [2.45, 2.75) is 33.2 Å². The van der Waals surface area contributed by atoms with Crippen LogP contribution >= 0.6 is 0 Å². The molecular weight excluding hydrogens is 238 g/mol. The molecule has 0 aromatic heterocycles. The minimum atomic E-state index is 0.239. The minimum Gasteiger partial charge on any atom is -0.497 e. The van der Waals surface area contributed by atoms with E-state index in [2.05, 4.69) is 38.2 Å². The summed E-state index contributed by atoms with van der Waals surface area (Å²) in [7, 11) is 3.45. The highest BCUT2D eigenvalue weighted by Gasteiger charge is 2.18. The van der Waals surface area contributed by atoms with E-state index in [1.165, 1.54) is 5.56 Å². The molecule has 1 N–H and O–H groups in total. The Morgan fingerprint density at radius 3 is 2.63 bits per heavy atom. The van der Waals surface area contributed by atoms with E-state index in [1.807, 2.05) is 12.1 Å². The van der Waals surface area contributed by atoms with Gasteiger partial charge in [-0.15, -0.1) is 0 Å². The van der Waals surface area contributed by atoms with Crippen LogP contribution in [0.1, 0.15) is 38.8 Å². The van der Waals surface area contributed by atoms with Crippen molar-refractivity contribution in [1.29, 1.82) is 0 Å². The van der Waals surface area contributed by atoms with E-state index in [4.69, 9.17) is 9.47 Å². The standard InChI is InChI=1S/C16H27NO2/c1-13(14-7-6-8-15(11-14)19-5)17-12-16(2,3)9-10-18-4/h6-8,11,13,17H,9-10,12H2,1-5H3. The fourth-order valence-electron chi connectivity index (χ4n) is 1.92. The zero-order valence-corrected chi connectivity index (χ0v) is 12.8. The Morgan fingerprint density at radius 1 is 1.26 bits per heavy atom. The predicted octanol–water partition coefficient (Wildman–Crippen LogP) is 3.41. The first-order chi connectivity index (χ1) is 8.98. The van der Waals surface area contributed by atoms with Crippen molar-refractivity contribution in [3.05, 3.63) is 29.8 Å². The summed E-state index contributed by atoms with van der Waals surface area (Å²) in [5.41, 5.74) is 1.49. The van der Waals surface area contributed by atoms with Crippen LogP contribution in [0.25, 0.3) is 0 Å². The Labute approximate surface area is 117 Å². The molecule has 0 radical (unpaired) electrons. The van der Waals surface area contributed by atoms with Crippen molar-refractivity contribution in [1.82, 2.24) is 5.32 Å². The van der Waals surface area contributed by atoms with Crippen molar-refractivity contribution in [2.24, 2.45) is 5.41 Å². The lowest BCUT2D eigenvalue weighted by molar-refractivity contribution is 0.149. The molecule has 0 bridgehead atoms. The van der Waals surface area contributed by atoms with Gasteiger partial charge in [0.25, 0.3) is 0 Å². The van der Waals surface area contributed by atoms with Crippen molar-refractivity contribution in [3.63, 3.8) is 0 Å². The zero-order valence-electron chi connectivity index (χ0n) is 12.8. The lowest BCUT2D eigenvalue weighted by Gasteiger charge is -2.27. The van der Waals surface area contributed by atoms with Crippen molar-refractivity contribution in [3.8, 4) is 5.75 Å². The van der Waals surface area contributed by atoms with E-state index in [1.54, 1.807) is 14.2 Å². The van der Waals surface area contributed by atoms with Gasteiger partial charge < -0.3 is 14.8 Å². The van der Waals surface area contributed by atoms with E-state index in [9.17, 15) is 0 Å². The summed E-state index contributed by atoms with van der Waals surface area (Å²) in [6.45, 7) is 8.48. The van der Waals surface area contributed by atoms with E-state index >= 15 is 0 Å². The average molecular weight is 265 g/mol. The molecule has 1 atom stereocenters. The van der Waals surface area contributed by atoms with Crippen molar-refractivity contribution < 1.29 is 9.47 Å². The van der Waals surface area contributed by atoms with E-state index in [0.29, 0.717) is 6.04 Å². The van der Waals surface area contributed by atoms with Gasteiger partial charge in [0, 0.05) is 26.3 Å². The topological polar surface area (TPSA) is 30.5 Å². The molecule has 0 heterocycles. The zero-order chi connectivity index (χ0) is 14.3. The molecule has 1 rings (SSSR count). The maximum absolute atomic E-state index is 5.26. The molecule has 1 unspecified atom stereocenters. The molecule has 19 heavy (non-hydrogen) atoms. The first kappa shape index (κ1) is 16.0. The molecule has 0 aliphatic heterocycles. The number of nitrogens with one attached hydrogen (secondary N) is 1. The Hall–Kier alpha value is -1.06. The van der Waals surface area contributed by atoms with Crippen LogP contribution in [0.3, 0.4) is 0 Å². The summed E-state index contributed by atoms with van der Waals surface area (Å²) in [5, 5.41) is 3.59. The normalized spacial score (nSPS) is 13.3. The average Bonchev–Trinajstić information content (AvgIpc) is 2.43. The summed E-state index contributed by atoms with van der Waals surface area (Å²) >= 11 is 0. The second kappa shape index (κ2) is 7.51. The molecule has 3 nitrogen and oxygen atoms in total. The largest absolute Gasteiger partial charge is 0.497 e. The third-order valence-electron chi connectivity index (χ3n) is 3.46. The van der Waals surface area contributed by atoms with Gasteiger partial charge in [-0.3, -0.25) is 0 Å². The molecule has 0 amide bonds. The van der Waals surface area contributed by atoms with Gasteiger partial charge in [-0.25, -0.2) is 0 Å². The Balaban J connectivity index is 2.52. The van der Waals surface area contributed by atoms with Gasteiger partial charge in [-0.2, -0.15) is 0 Å². The molecule has 3 heteroatoms.